The van der Waals surface area contributed by atoms with Crippen LogP contribution in [0.4, 0.5) is 0 Å². The van der Waals surface area contributed by atoms with E-state index in [1.54, 1.807) is 0 Å². The number of hydrogen-bond donors (Lipinski definition) is 0. The van der Waals surface area contributed by atoms with Crippen LogP contribution in [0, 0.1) is 23.2 Å². The average molecular weight is 502 g/mol. The summed E-state index contributed by atoms with van der Waals surface area (Å²) in [5, 5.41) is 8.98. The van der Waals surface area contributed by atoms with E-state index in [1.807, 2.05) is 42.5 Å². The molecule has 3 rings (SSSR count). The van der Waals surface area contributed by atoms with Crippen LogP contribution in [0.1, 0.15) is 120 Å². The molecule has 0 bridgehead atoms. The molecule has 0 aliphatic heterocycles. The van der Waals surface area contributed by atoms with E-state index in [0.717, 1.165) is 50.0 Å². The highest BCUT2D eigenvalue weighted by Crippen LogP contribution is 2.33. The standard InChI is InChI=1S/C34H47NO2/c1-2-3-4-5-6-7-8-9-10-11-14-28-22-25-32(26-23-28)34(36)37-33-16-13-12-15-31(33)24-21-29-17-19-30(27-35)20-18-29/h12-13,15-20,28,32H,2-11,14,21-26H2,1H3. The van der Waals surface area contributed by atoms with Crippen LogP contribution in [-0.4, -0.2) is 5.97 Å². The smallest absolute Gasteiger partial charge is 0.314 e. The lowest BCUT2D eigenvalue weighted by Crippen LogP contribution is -2.26. The number of esters is 1. The molecule has 0 radical (unpaired) electrons. The molecule has 1 aliphatic carbocycles. The van der Waals surface area contributed by atoms with Crippen molar-refractivity contribution in [1.29, 1.82) is 5.26 Å². The molecule has 1 fully saturated rings. The van der Waals surface area contributed by atoms with Gasteiger partial charge in [0.25, 0.3) is 0 Å². The van der Waals surface area contributed by atoms with Gasteiger partial charge in [0.05, 0.1) is 17.6 Å². The maximum absolute atomic E-state index is 13.0. The Hall–Kier alpha value is -2.60. The summed E-state index contributed by atoms with van der Waals surface area (Å²) in [5.41, 5.74) is 2.92. The Balaban J connectivity index is 1.32. The lowest BCUT2D eigenvalue weighted by molar-refractivity contribution is -0.140. The van der Waals surface area contributed by atoms with Crippen molar-refractivity contribution in [3.05, 3.63) is 65.2 Å². The Morgan fingerprint density at radius 2 is 1.43 bits per heavy atom. The number of hydrogen-bond acceptors (Lipinski definition) is 3. The molecule has 0 aromatic heterocycles. The Morgan fingerprint density at radius 3 is 2.08 bits per heavy atom. The van der Waals surface area contributed by atoms with Gasteiger partial charge in [-0.2, -0.15) is 5.26 Å². The van der Waals surface area contributed by atoms with Crippen molar-refractivity contribution in [3.63, 3.8) is 0 Å². The quantitative estimate of drug-likeness (QED) is 0.131. The van der Waals surface area contributed by atoms with Crippen LogP contribution >= 0.6 is 0 Å². The molecule has 3 nitrogen and oxygen atoms in total. The zero-order valence-corrected chi connectivity index (χ0v) is 23.1. The minimum absolute atomic E-state index is 0.0375. The molecular formula is C34H47NO2. The summed E-state index contributed by atoms with van der Waals surface area (Å²) in [6.07, 6.45) is 21.2. The van der Waals surface area contributed by atoms with Crippen LogP contribution in [-0.2, 0) is 17.6 Å². The number of aryl methyl sites for hydroxylation is 2. The Bertz CT molecular complexity index is 951. The minimum Gasteiger partial charge on any atom is -0.426 e. The van der Waals surface area contributed by atoms with Crippen molar-refractivity contribution >= 4 is 5.97 Å². The van der Waals surface area contributed by atoms with Crippen LogP contribution in [0.3, 0.4) is 0 Å². The lowest BCUT2D eigenvalue weighted by atomic mass is 9.79. The summed E-state index contributed by atoms with van der Waals surface area (Å²) in [6, 6.07) is 17.8. The average Bonchev–Trinajstić information content (AvgIpc) is 2.94. The van der Waals surface area contributed by atoms with Crippen LogP contribution in [0.15, 0.2) is 48.5 Å². The molecule has 1 aliphatic rings. The molecule has 3 heteroatoms. The van der Waals surface area contributed by atoms with Gasteiger partial charge >= 0.3 is 5.97 Å². The second-order valence-electron chi connectivity index (χ2n) is 11.0. The minimum atomic E-state index is -0.0526. The first-order valence-corrected chi connectivity index (χ1v) is 15.0. The molecule has 0 heterocycles. The second-order valence-corrected chi connectivity index (χ2v) is 11.0. The number of carbonyl (C=O) groups is 1. The summed E-state index contributed by atoms with van der Waals surface area (Å²) in [6.45, 7) is 2.28. The van der Waals surface area contributed by atoms with E-state index in [2.05, 4.69) is 19.1 Å². The van der Waals surface area contributed by atoms with Gasteiger partial charge in [-0.3, -0.25) is 4.79 Å². The van der Waals surface area contributed by atoms with Crippen molar-refractivity contribution in [2.75, 3.05) is 0 Å². The van der Waals surface area contributed by atoms with Crippen molar-refractivity contribution in [2.24, 2.45) is 11.8 Å². The van der Waals surface area contributed by atoms with Gasteiger partial charge in [0.2, 0.25) is 0 Å². The largest absolute Gasteiger partial charge is 0.426 e. The van der Waals surface area contributed by atoms with E-state index in [9.17, 15) is 4.79 Å². The van der Waals surface area contributed by atoms with Gasteiger partial charge < -0.3 is 4.74 Å². The third-order valence-electron chi connectivity index (χ3n) is 8.10. The molecule has 0 spiro atoms. The van der Waals surface area contributed by atoms with Gasteiger partial charge in [0, 0.05) is 0 Å². The number of carbonyl (C=O) groups excluding carboxylic acids is 1. The van der Waals surface area contributed by atoms with E-state index in [0.29, 0.717) is 11.3 Å². The maximum Gasteiger partial charge on any atom is 0.314 e. The van der Waals surface area contributed by atoms with Crippen LogP contribution < -0.4 is 4.74 Å². The van der Waals surface area contributed by atoms with Crippen molar-refractivity contribution in [1.82, 2.24) is 0 Å². The Morgan fingerprint density at radius 1 is 0.811 bits per heavy atom. The van der Waals surface area contributed by atoms with Crippen molar-refractivity contribution < 1.29 is 9.53 Å². The van der Waals surface area contributed by atoms with Gasteiger partial charge in [-0.25, -0.2) is 0 Å². The number of nitriles is 1. The predicted molar refractivity (Wildman–Crippen MR) is 153 cm³/mol. The highest BCUT2D eigenvalue weighted by molar-refractivity contribution is 5.75. The van der Waals surface area contributed by atoms with Crippen molar-refractivity contribution in [3.8, 4) is 11.8 Å². The summed E-state index contributed by atoms with van der Waals surface area (Å²) in [7, 11) is 0. The summed E-state index contributed by atoms with van der Waals surface area (Å²) in [4.78, 5) is 13.0. The third kappa shape index (κ3) is 10.7. The number of rotatable bonds is 16. The van der Waals surface area contributed by atoms with Gasteiger partial charge in [-0.05, 0) is 73.8 Å². The third-order valence-corrected chi connectivity index (χ3v) is 8.10. The fourth-order valence-electron chi connectivity index (χ4n) is 5.63. The SMILES string of the molecule is CCCCCCCCCCCCC1CCC(C(=O)Oc2ccccc2CCc2ccc(C#N)cc2)CC1. The number of unbranched alkanes of at least 4 members (excludes halogenated alkanes) is 9. The monoisotopic (exact) mass is 501 g/mol. The highest BCUT2D eigenvalue weighted by Gasteiger charge is 2.28. The Kier molecular flexibility index (Phi) is 13.3. The zero-order valence-electron chi connectivity index (χ0n) is 23.1. The number of benzene rings is 2. The fourth-order valence-corrected chi connectivity index (χ4v) is 5.63. The first-order chi connectivity index (χ1) is 18.2. The predicted octanol–water partition coefficient (Wildman–Crippen LogP) is 9.37. The molecule has 2 aromatic rings. The van der Waals surface area contributed by atoms with Crippen LogP contribution in [0.5, 0.6) is 5.75 Å². The molecule has 0 N–H and O–H groups in total. The molecule has 0 saturated heterocycles. The second kappa shape index (κ2) is 17.0. The number of para-hydroxylation sites is 1. The summed E-state index contributed by atoms with van der Waals surface area (Å²) < 4.78 is 5.93. The van der Waals surface area contributed by atoms with Gasteiger partial charge in [0.15, 0.2) is 0 Å². The normalized spacial score (nSPS) is 17.3. The Labute approximate surface area is 225 Å². The topological polar surface area (TPSA) is 50.1 Å². The molecule has 200 valence electrons. The van der Waals surface area contributed by atoms with Gasteiger partial charge in [-0.15, -0.1) is 0 Å². The molecule has 0 amide bonds. The summed E-state index contributed by atoms with van der Waals surface area (Å²) in [5.74, 6) is 1.48. The molecule has 0 atom stereocenters. The molecular weight excluding hydrogens is 454 g/mol. The van der Waals surface area contributed by atoms with E-state index in [4.69, 9.17) is 10.00 Å². The van der Waals surface area contributed by atoms with E-state index in [-0.39, 0.29) is 11.9 Å². The zero-order chi connectivity index (χ0) is 26.1. The lowest BCUT2D eigenvalue weighted by Gasteiger charge is -2.27. The number of ether oxygens (including phenoxy) is 1. The van der Waals surface area contributed by atoms with E-state index in [1.165, 1.54) is 76.2 Å². The van der Waals surface area contributed by atoms with E-state index >= 15 is 0 Å². The van der Waals surface area contributed by atoms with E-state index < -0.39 is 0 Å². The fraction of sp³-hybridized carbons (Fsp3) is 0.588. The van der Waals surface area contributed by atoms with Gasteiger partial charge in [-0.1, -0.05) is 108 Å². The van der Waals surface area contributed by atoms with Crippen LogP contribution in [0.25, 0.3) is 0 Å². The highest BCUT2D eigenvalue weighted by atomic mass is 16.5. The molecule has 0 unspecified atom stereocenters. The van der Waals surface area contributed by atoms with Gasteiger partial charge in [0.1, 0.15) is 5.75 Å². The molecule has 37 heavy (non-hydrogen) atoms. The summed E-state index contributed by atoms with van der Waals surface area (Å²) >= 11 is 0. The van der Waals surface area contributed by atoms with Crippen molar-refractivity contribution in [2.45, 2.75) is 116 Å². The molecule has 2 aromatic carbocycles. The molecule has 1 saturated carbocycles. The first kappa shape index (κ1) is 29.0. The van der Waals surface area contributed by atoms with Crippen LogP contribution in [0.2, 0.25) is 0 Å². The maximum atomic E-state index is 13.0. The first-order valence-electron chi connectivity index (χ1n) is 15.0. The number of nitrogens with zero attached hydrogens (tertiary/aromatic N) is 1.